The molecule has 3 N–H and O–H groups in total. The van der Waals surface area contributed by atoms with Crippen LogP contribution in [-0.4, -0.2) is 50.6 Å². The second-order valence-electron chi connectivity index (χ2n) is 4.63. The molecule has 0 aliphatic carbocycles. The third-order valence-corrected chi connectivity index (χ3v) is 3.29. The summed E-state index contributed by atoms with van der Waals surface area (Å²) in [7, 11) is 0. The molecule has 0 aromatic carbocycles. The third kappa shape index (κ3) is 2.93. The lowest BCUT2D eigenvalue weighted by molar-refractivity contribution is -0.143. The number of amides is 1. The molecule has 1 fully saturated rings. The summed E-state index contributed by atoms with van der Waals surface area (Å²) in [6, 6.07) is -0.735. The van der Waals surface area contributed by atoms with Crippen LogP contribution in [0.2, 0.25) is 0 Å². The molecule has 1 saturated heterocycles. The minimum Gasteiger partial charge on any atom is -0.480 e. The normalized spacial score (nSPS) is 19.4. The molecule has 0 unspecified atom stereocenters. The lowest BCUT2D eigenvalue weighted by Gasteiger charge is -2.32. The molecule has 1 aliphatic heterocycles. The maximum absolute atomic E-state index is 12.3. The molecule has 1 aliphatic rings. The van der Waals surface area contributed by atoms with Gasteiger partial charge in [0, 0.05) is 25.8 Å². The molecular formula is C12H18N4O3. The fraction of sp³-hybridized carbons (Fsp3) is 0.583. The zero-order chi connectivity index (χ0) is 13.8. The van der Waals surface area contributed by atoms with Crippen molar-refractivity contribution in [1.82, 2.24) is 14.5 Å². The van der Waals surface area contributed by atoms with Crippen LogP contribution in [0.5, 0.6) is 0 Å². The predicted molar refractivity (Wildman–Crippen MR) is 67.6 cm³/mol. The summed E-state index contributed by atoms with van der Waals surface area (Å²) in [4.78, 5) is 28.9. The summed E-state index contributed by atoms with van der Waals surface area (Å²) in [5.74, 6) is -1.27. The number of nitrogens with two attached hydrogens (primary N) is 1. The van der Waals surface area contributed by atoms with E-state index in [2.05, 4.69) is 4.98 Å². The molecule has 19 heavy (non-hydrogen) atoms. The minimum atomic E-state index is -0.950. The van der Waals surface area contributed by atoms with E-state index in [-0.39, 0.29) is 11.6 Å². The van der Waals surface area contributed by atoms with Crippen molar-refractivity contribution in [3.63, 3.8) is 0 Å². The fourth-order valence-electron chi connectivity index (χ4n) is 2.32. The Kier molecular flexibility index (Phi) is 4.16. The number of piperidine rings is 1. The number of hydrogen-bond donors (Lipinski definition) is 2. The molecule has 0 spiro atoms. The van der Waals surface area contributed by atoms with Crippen molar-refractivity contribution < 1.29 is 14.7 Å². The van der Waals surface area contributed by atoms with Gasteiger partial charge in [0.2, 0.25) is 0 Å². The van der Waals surface area contributed by atoms with E-state index in [9.17, 15) is 9.59 Å². The Hall–Kier alpha value is -1.89. The molecule has 2 heterocycles. The van der Waals surface area contributed by atoms with Crippen molar-refractivity contribution in [2.45, 2.75) is 31.8 Å². The monoisotopic (exact) mass is 266 g/mol. The summed E-state index contributed by atoms with van der Waals surface area (Å²) in [6.07, 6.45) is 5.33. The number of aliphatic carboxylic acids is 1. The van der Waals surface area contributed by atoms with Crippen molar-refractivity contribution >= 4 is 11.9 Å². The van der Waals surface area contributed by atoms with E-state index in [0.717, 1.165) is 12.8 Å². The van der Waals surface area contributed by atoms with Crippen molar-refractivity contribution in [2.24, 2.45) is 5.73 Å². The SMILES string of the molecule is NCCn1cnc(C(=O)N2CCCC[C@H]2C(=O)O)c1. The third-order valence-electron chi connectivity index (χ3n) is 3.29. The van der Waals surface area contributed by atoms with E-state index in [1.54, 1.807) is 17.1 Å². The first-order chi connectivity index (χ1) is 9.13. The van der Waals surface area contributed by atoms with Crippen LogP contribution in [0, 0.1) is 0 Å². The van der Waals surface area contributed by atoms with Gasteiger partial charge in [-0.3, -0.25) is 4.79 Å². The summed E-state index contributed by atoms with van der Waals surface area (Å²) in [5, 5.41) is 9.16. The average Bonchev–Trinajstić information content (AvgIpc) is 2.87. The molecule has 0 bridgehead atoms. The van der Waals surface area contributed by atoms with Crippen LogP contribution in [0.25, 0.3) is 0 Å². The van der Waals surface area contributed by atoms with E-state index in [1.165, 1.54) is 4.90 Å². The number of aromatic nitrogens is 2. The molecule has 7 heteroatoms. The quantitative estimate of drug-likeness (QED) is 0.793. The predicted octanol–water partition coefficient (Wildman–Crippen LogP) is -0.0789. The Labute approximate surface area is 111 Å². The molecule has 7 nitrogen and oxygen atoms in total. The standard InChI is InChI=1S/C12H18N4O3/c13-4-6-15-7-9(14-8-15)11(17)16-5-2-1-3-10(16)12(18)19/h7-8,10H,1-6,13H2,(H,18,19)/t10-/m0/s1. The van der Waals surface area contributed by atoms with Crippen LogP contribution in [0.4, 0.5) is 0 Å². The number of carboxylic acids is 1. The molecule has 1 aromatic heterocycles. The molecule has 104 valence electrons. The lowest BCUT2D eigenvalue weighted by atomic mass is 10.0. The highest BCUT2D eigenvalue weighted by Crippen LogP contribution is 2.19. The van der Waals surface area contributed by atoms with E-state index < -0.39 is 12.0 Å². The van der Waals surface area contributed by atoms with Gasteiger partial charge >= 0.3 is 5.97 Å². The highest BCUT2D eigenvalue weighted by atomic mass is 16.4. The molecule has 1 amide bonds. The number of carbonyl (C=O) groups excluding carboxylic acids is 1. The summed E-state index contributed by atoms with van der Waals surface area (Å²) in [6.45, 7) is 1.52. The van der Waals surface area contributed by atoms with Gasteiger partial charge < -0.3 is 20.3 Å². The molecule has 2 rings (SSSR count). The van der Waals surface area contributed by atoms with Crippen LogP contribution in [0.1, 0.15) is 29.8 Å². The first-order valence-electron chi connectivity index (χ1n) is 6.39. The first-order valence-corrected chi connectivity index (χ1v) is 6.39. The van der Waals surface area contributed by atoms with E-state index in [1.807, 2.05) is 0 Å². The molecule has 1 aromatic rings. The Bertz CT molecular complexity index is 471. The van der Waals surface area contributed by atoms with Crippen molar-refractivity contribution in [1.29, 1.82) is 0 Å². The van der Waals surface area contributed by atoms with E-state index in [4.69, 9.17) is 10.8 Å². The van der Waals surface area contributed by atoms with Crippen molar-refractivity contribution in [3.8, 4) is 0 Å². The van der Waals surface area contributed by atoms with Gasteiger partial charge in [-0.25, -0.2) is 9.78 Å². The molecule has 0 saturated carbocycles. The van der Waals surface area contributed by atoms with Crippen LogP contribution in [0.3, 0.4) is 0 Å². The molecule has 1 atom stereocenters. The van der Waals surface area contributed by atoms with Gasteiger partial charge in [-0.15, -0.1) is 0 Å². The summed E-state index contributed by atoms with van der Waals surface area (Å²) in [5.41, 5.74) is 5.71. The first kappa shape index (κ1) is 13.5. The van der Waals surface area contributed by atoms with Gasteiger partial charge in [-0.2, -0.15) is 0 Å². The van der Waals surface area contributed by atoms with Gasteiger partial charge in [0.05, 0.1) is 6.33 Å². The Morgan fingerprint density at radius 1 is 1.47 bits per heavy atom. The van der Waals surface area contributed by atoms with E-state index >= 15 is 0 Å². The number of rotatable bonds is 4. The number of likely N-dealkylation sites (tertiary alicyclic amines) is 1. The van der Waals surface area contributed by atoms with Gasteiger partial charge in [0.25, 0.3) is 5.91 Å². The zero-order valence-corrected chi connectivity index (χ0v) is 10.7. The summed E-state index contributed by atoms with van der Waals surface area (Å²) >= 11 is 0. The van der Waals surface area contributed by atoms with E-state index in [0.29, 0.717) is 26.1 Å². The molecular weight excluding hydrogens is 248 g/mol. The molecule has 0 radical (unpaired) electrons. The average molecular weight is 266 g/mol. The Morgan fingerprint density at radius 2 is 2.26 bits per heavy atom. The topological polar surface area (TPSA) is 101 Å². The number of nitrogens with zero attached hydrogens (tertiary/aromatic N) is 3. The smallest absolute Gasteiger partial charge is 0.326 e. The largest absolute Gasteiger partial charge is 0.480 e. The van der Waals surface area contributed by atoms with Gasteiger partial charge in [-0.05, 0) is 19.3 Å². The number of carboxylic acid groups (broad SMARTS) is 1. The Balaban J connectivity index is 2.14. The summed E-state index contributed by atoms with van der Waals surface area (Å²) < 4.78 is 1.73. The van der Waals surface area contributed by atoms with Gasteiger partial charge in [0.15, 0.2) is 0 Å². The lowest BCUT2D eigenvalue weighted by Crippen LogP contribution is -2.48. The highest BCUT2D eigenvalue weighted by Gasteiger charge is 2.33. The second-order valence-corrected chi connectivity index (χ2v) is 4.63. The van der Waals surface area contributed by atoms with Gasteiger partial charge in [0.1, 0.15) is 11.7 Å². The maximum atomic E-state index is 12.3. The van der Waals surface area contributed by atoms with Gasteiger partial charge in [-0.1, -0.05) is 0 Å². The second kappa shape index (κ2) is 5.83. The highest BCUT2D eigenvalue weighted by molar-refractivity contribution is 5.95. The number of hydrogen-bond acceptors (Lipinski definition) is 4. The maximum Gasteiger partial charge on any atom is 0.326 e. The zero-order valence-electron chi connectivity index (χ0n) is 10.7. The van der Waals surface area contributed by atoms with Crippen LogP contribution < -0.4 is 5.73 Å². The van der Waals surface area contributed by atoms with Crippen molar-refractivity contribution in [3.05, 3.63) is 18.2 Å². The van der Waals surface area contributed by atoms with Crippen LogP contribution in [0.15, 0.2) is 12.5 Å². The number of carbonyl (C=O) groups is 2. The fourth-order valence-corrected chi connectivity index (χ4v) is 2.32. The van der Waals surface area contributed by atoms with Crippen LogP contribution >= 0.6 is 0 Å². The minimum absolute atomic E-state index is 0.279. The number of imidazole rings is 1. The Morgan fingerprint density at radius 3 is 2.95 bits per heavy atom. The van der Waals surface area contributed by atoms with Crippen LogP contribution in [-0.2, 0) is 11.3 Å². The van der Waals surface area contributed by atoms with Crippen molar-refractivity contribution in [2.75, 3.05) is 13.1 Å².